The molecule has 0 amide bonds. The molecule has 0 aliphatic heterocycles. The Morgan fingerprint density at radius 1 is 1.07 bits per heavy atom. The van der Waals surface area contributed by atoms with Crippen LogP contribution in [0.3, 0.4) is 0 Å². The molecule has 0 N–H and O–H groups in total. The van der Waals surface area contributed by atoms with Gasteiger partial charge in [-0.3, -0.25) is 0 Å². The first-order valence-electron chi connectivity index (χ1n) is 5.09. The van der Waals surface area contributed by atoms with E-state index in [4.69, 9.17) is 14.2 Å². The summed E-state index contributed by atoms with van der Waals surface area (Å²) in [5, 5.41) is 0. The Kier molecular flexibility index (Phi) is 4.28. The van der Waals surface area contributed by atoms with Crippen LogP contribution in [0.4, 0.5) is 0 Å². The largest absolute Gasteiger partial charge is 0.496 e. The van der Waals surface area contributed by atoms with Crippen LogP contribution < -0.4 is 14.2 Å². The Morgan fingerprint density at radius 2 is 1.73 bits per heavy atom. The Bertz CT molecular complexity index is 321. The predicted octanol–water partition coefficient (Wildman–Crippen LogP) is 2.80. The molecule has 0 saturated heterocycles. The van der Waals surface area contributed by atoms with E-state index >= 15 is 0 Å². The molecule has 0 bridgehead atoms. The van der Waals surface area contributed by atoms with Crippen molar-refractivity contribution in [3.05, 3.63) is 17.7 Å². The Labute approximate surface area is 91.0 Å². The zero-order valence-corrected chi connectivity index (χ0v) is 9.79. The molecular weight excluding hydrogens is 192 g/mol. The van der Waals surface area contributed by atoms with E-state index in [1.54, 1.807) is 14.2 Å². The van der Waals surface area contributed by atoms with Crippen molar-refractivity contribution in [2.75, 3.05) is 20.8 Å². The summed E-state index contributed by atoms with van der Waals surface area (Å²) in [5.41, 5.74) is 0.966. The van der Waals surface area contributed by atoms with Gasteiger partial charge in [0.25, 0.3) is 0 Å². The fourth-order valence-electron chi connectivity index (χ4n) is 1.45. The van der Waals surface area contributed by atoms with Crippen molar-refractivity contribution < 1.29 is 14.2 Å². The number of rotatable bonds is 5. The highest BCUT2D eigenvalue weighted by atomic mass is 16.5. The molecule has 0 aliphatic rings. The molecule has 0 radical (unpaired) electrons. The Morgan fingerprint density at radius 3 is 2.27 bits per heavy atom. The lowest BCUT2D eigenvalue weighted by Crippen LogP contribution is -2.00. The van der Waals surface area contributed by atoms with Gasteiger partial charge in [-0.1, -0.05) is 6.92 Å². The third-order valence-corrected chi connectivity index (χ3v) is 2.21. The van der Waals surface area contributed by atoms with E-state index in [2.05, 4.69) is 6.92 Å². The highest BCUT2D eigenvalue weighted by Gasteiger charge is 2.11. The van der Waals surface area contributed by atoms with Gasteiger partial charge in [0.2, 0.25) is 0 Å². The van der Waals surface area contributed by atoms with Gasteiger partial charge in [0.15, 0.2) is 11.5 Å². The van der Waals surface area contributed by atoms with Gasteiger partial charge in [-0.05, 0) is 25.5 Å². The molecule has 1 aromatic carbocycles. The Balaban J connectivity index is 3.01. The minimum Gasteiger partial charge on any atom is -0.496 e. The highest BCUT2D eigenvalue weighted by Crippen LogP contribution is 2.36. The third-order valence-electron chi connectivity index (χ3n) is 2.21. The van der Waals surface area contributed by atoms with Gasteiger partial charge in [-0.2, -0.15) is 0 Å². The predicted molar refractivity (Wildman–Crippen MR) is 60.1 cm³/mol. The number of methoxy groups -OCH3 is 2. The number of ether oxygens (including phenoxy) is 3. The van der Waals surface area contributed by atoms with Crippen molar-refractivity contribution in [3.8, 4) is 17.2 Å². The molecule has 3 nitrogen and oxygen atoms in total. The lowest BCUT2D eigenvalue weighted by molar-refractivity contribution is 0.291. The van der Waals surface area contributed by atoms with E-state index in [9.17, 15) is 0 Å². The second-order valence-electron chi connectivity index (χ2n) is 3.27. The molecule has 0 unspecified atom stereocenters. The van der Waals surface area contributed by atoms with E-state index in [0.717, 1.165) is 29.2 Å². The maximum atomic E-state index is 5.58. The molecule has 3 heteroatoms. The first-order valence-corrected chi connectivity index (χ1v) is 5.09. The van der Waals surface area contributed by atoms with Crippen molar-refractivity contribution in [1.29, 1.82) is 0 Å². The van der Waals surface area contributed by atoms with Crippen LogP contribution in [0.15, 0.2) is 12.1 Å². The number of hydrogen-bond acceptors (Lipinski definition) is 3. The normalized spacial score (nSPS) is 9.87. The molecule has 0 heterocycles. The van der Waals surface area contributed by atoms with Gasteiger partial charge in [-0.15, -0.1) is 0 Å². The highest BCUT2D eigenvalue weighted by molar-refractivity contribution is 5.53. The van der Waals surface area contributed by atoms with Gasteiger partial charge in [0, 0.05) is 5.56 Å². The quantitative estimate of drug-likeness (QED) is 0.748. The lowest BCUT2D eigenvalue weighted by Gasteiger charge is -2.14. The summed E-state index contributed by atoms with van der Waals surface area (Å²) >= 11 is 0. The minimum absolute atomic E-state index is 0.697. The first kappa shape index (κ1) is 11.7. The van der Waals surface area contributed by atoms with Crippen molar-refractivity contribution in [3.63, 3.8) is 0 Å². The van der Waals surface area contributed by atoms with Crippen LogP contribution in [0.5, 0.6) is 17.2 Å². The van der Waals surface area contributed by atoms with Gasteiger partial charge < -0.3 is 14.2 Å². The van der Waals surface area contributed by atoms with Gasteiger partial charge >= 0.3 is 0 Å². The summed E-state index contributed by atoms with van der Waals surface area (Å²) in [5.74, 6) is 2.34. The van der Waals surface area contributed by atoms with Crippen LogP contribution in [0.2, 0.25) is 0 Å². The molecule has 0 aromatic heterocycles. The molecule has 0 aliphatic carbocycles. The summed E-state index contributed by atoms with van der Waals surface area (Å²) in [6.45, 7) is 4.72. The SMILES string of the molecule is CCCOc1ccc(OC)c(C)c1OC. The zero-order chi connectivity index (χ0) is 11.3. The average Bonchev–Trinajstić information content (AvgIpc) is 2.26. The summed E-state index contributed by atoms with van der Waals surface area (Å²) < 4.78 is 16.1. The van der Waals surface area contributed by atoms with Gasteiger partial charge in [0.05, 0.1) is 20.8 Å². The summed E-state index contributed by atoms with van der Waals surface area (Å²) in [7, 11) is 3.29. The van der Waals surface area contributed by atoms with Crippen molar-refractivity contribution in [2.24, 2.45) is 0 Å². The van der Waals surface area contributed by atoms with E-state index in [0.29, 0.717) is 6.61 Å². The zero-order valence-electron chi connectivity index (χ0n) is 9.79. The summed E-state index contributed by atoms with van der Waals surface area (Å²) in [6.07, 6.45) is 0.980. The summed E-state index contributed by atoms with van der Waals surface area (Å²) in [6, 6.07) is 3.77. The fourth-order valence-corrected chi connectivity index (χ4v) is 1.45. The molecule has 0 fully saturated rings. The molecule has 0 saturated carbocycles. The third kappa shape index (κ3) is 2.55. The van der Waals surface area contributed by atoms with Crippen LogP contribution in [0.1, 0.15) is 18.9 Å². The fraction of sp³-hybridized carbons (Fsp3) is 0.500. The van der Waals surface area contributed by atoms with Crippen LogP contribution in [0, 0.1) is 6.92 Å². The molecule has 1 aromatic rings. The Hall–Kier alpha value is -1.38. The first-order chi connectivity index (χ1) is 7.24. The molecule has 0 spiro atoms. The van der Waals surface area contributed by atoms with E-state index in [-0.39, 0.29) is 0 Å². The summed E-state index contributed by atoms with van der Waals surface area (Å²) in [4.78, 5) is 0. The smallest absolute Gasteiger partial charge is 0.167 e. The standard InChI is InChI=1S/C12H18O3/c1-5-8-15-11-7-6-10(13-3)9(2)12(11)14-4/h6-7H,5,8H2,1-4H3. The molecule has 1 rings (SSSR count). The van der Waals surface area contributed by atoms with Crippen molar-refractivity contribution in [2.45, 2.75) is 20.3 Å². The number of benzene rings is 1. The van der Waals surface area contributed by atoms with E-state index < -0.39 is 0 Å². The second kappa shape index (κ2) is 5.49. The topological polar surface area (TPSA) is 27.7 Å². The van der Waals surface area contributed by atoms with E-state index in [1.165, 1.54) is 0 Å². The lowest BCUT2D eigenvalue weighted by atomic mass is 10.2. The van der Waals surface area contributed by atoms with Crippen LogP contribution in [-0.4, -0.2) is 20.8 Å². The average molecular weight is 210 g/mol. The minimum atomic E-state index is 0.697. The van der Waals surface area contributed by atoms with Crippen LogP contribution in [-0.2, 0) is 0 Å². The second-order valence-corrected chi connectivity index (χ2v) is 3.27. The molecule has 84 valence electrons. The molecule has 15 heavy (non-hydrogen) atoms. The van der Waals surface area contributed by atoms with Crippen molar-refractivity contribution in [1.82, 2.24) is 0 Å². The van der Waals surface area contributed by atoms with Crippen molar-refractivity contribution >= 4 is 0 Å². The maximum Gasteiger partial charge on any atom is 0.167 e. The molecular formula is C12H18O3. The van der Waals surface area contributed by atoms with E-state index in [1.807, 2.05) is 19.1 Å². The maximum absolute atomic E-state index is 5.58. The van der Waals surface area contributed by atoms with Gasteiger partial charge in [0.1, 0.15) is 5.75 Å². The monoisotopic (exact) mass is 210 g/mol. The number of hydrogen-bond donors (Lipinski definition) is 0. The molecule has 0 atom stereocenters. The van der Waals surface area contributed by atoms with Crippen LogP contribution >= 0.6 is 0 Å². The van der Waals surface area contributed by atoms with Crippen LogP contribution in [0.25, 0.3) is 0 Å². The van der Waals surface area contributed by atoms with Gasteiger partial charge in [-0.25, -0.2) is 0 Å².